The van der Waals surface area contributed by atoms with Crippen molar-refractivity contribution < 1.29 is 9.53 Å². The molecule has 0 aromatic heterocycles. The number of hydrogen-bond acceptors (Lipinski definition) is 3. The van der Waals surface area contributed by atoms with Crippen molar-refractivity contribution in [3.05, 3.63) is 64.7 Å². The maximum Gasteiger partial charge on any atom is 0.255 e. The number of carbonyl (C=O) groups is 1. The molecule has 4 nitrogen and oxygen atoms in total. The highest BCUT2D eigenvalue weighted by Crippen LogP contribution is 2.21. The second-order valence-corrected chi connectivity index (χ2v) is 6.90. The molecule has 2 atom stereocenters. The number of piperidine rings is 1. The maximum atomic E-state index is 12.7. The van der Waals surface area contributed by atoms with Gasteiger partial charge in [0.15, 0.2) is 0 Å². The van der Waals surface area contributed by atoms with Crippen LogP contribution >= 0.6 is 11.6 Å². The minimum Gasteiger partial charge on any atom is -0.488 e. The molecule has 25 heavy (non-hydrogen) atoms. The smallest absolute Gasteiger partial charge is 0.255 e. The molecule has 0 saturated carbocycles. The van der Waals surface area contributed by atoms with E-state index in [1.165, 1.54) is 0 Å². The first-order valence-electron chi connectivity index (χ1n) is 8.62. The van der Waals surface area contributed by atoms with Crippen LogP contribution in [0.5, 0.6) is 5.75 Å². The van der Waals surface area contributed by atoms with E-state index in [9.17, 15) is 4.79 Å². The molecule has 132 valence electrons. The molecule has 0 radical (unpaired) electrons. The van der Waals surface area contributed by atoms with Gasteiger partial charge in [0.25, 0.3) is 5.91 Å². The number of benzene rings is 2. The molecule has 2 aromatic carbocycles. The number of rotatable bonds is 5. The quantitative estimate of drug-likeness (QED) is 0.855. The summed E-state index contributed by atoms with van der Waals surface area (Å²) < 4.78 is 5.88. The zero-order valence-corrected chi connectivity index (χ0v) is 15.1. The van der Waals surface area contributed by atoms with Gasteiger partial charge >= 0.3 is 0 Å². The summed E-state index contributed by atoms with van der Waals surface area (Å²) in [4.78, 5) is 12.7. The average Bonchev–Trinajstić information content (AvgIpc) is 2.61. The number of nitrogens with one attached hydrogen (secondary N) is 2. The zero-order valence-electron chi connectivity index (χ0n) is 14.3. The van der Waals surface area contributed by atoms with Gasteiger partial charge in [-0.25, -0.2) is 0 Å². The lowest BCUT2D eigenvalue weighted by Crippen LogP contribution is -2.46. The Morgan fingerprint density at radius 1 is 1.24 bits per heavy atom. The summed E-state index contributed by atoms with van der Waals surface area (Å²) in [6.07, 6.45) is 1.89. The Hall–Kier alpha value is -2.04. The normalized spacial score (nSPS) is 20.1. The second-order valence-electron chi connectivity index (χ2n) is 6.46. The second kappa shape index (κ2) is 8.37. The number of halogens is 1. The molecular formula is C20H23ClN2O2. The van der Waals surface area contributed by atoms with Crippen LogP contribution in [0.4, 0.5) is 0 Å². The van der Waals surface area contributed by atoms with Gasteiger partial charge < -0.3 is 15.4 Å². The number of hydrogen-bond donors (Lipinski definition) is 2. The fourth-order valence-electron chi connectivity index (χ4n) is 3.05. The number of amides is 1. The van der Waals surface area contributed by atoms with Gasteiger partial charge in [0.05, 0.1) is 5.56 Å². The Labute approximate surface area is 153 Å². The predicted molar refractivity (Wildman–Crippen MR) is 100 cm³/mol. The van der Waals surface area contributed by atoms with E-state index in [0.717, 1.165) is 24.9 Å². The van der Waals surface area contributed by atoms with Gasteiger partial charge in [-0.3, -0.25) is 4.79 Å². The molecule has 5 heteroatoms. The third-order valence-electron chi connectivity index (χ3n) is 4.40. The SMILES string of the molecule is CC1CC(NC(=O)c2ccccc2OCc2ccc(Cl)cc2)CCN1. The van der Waals surface area contributed by atoms with Crippen molar-refractivity contribution in [2.24, 2.45) is 0 Å². The monoisotopic (exact) mass is 358 g/mol. The highest BCUT2D eigenvalue weighted by Gasteiger charge is 2.21. The van der Waals surface area contributed by atoms with Crippen molar-refractivity contribution in [2.75, 3.05) is 6.54 Å². The zero-order chi connectivity index (χ0) is 17.6. The van der Waals surface area contributed by atoms with Crippen molar-refractivity contribution in [1.29, 1.82) is 0 Å². The Balaban J connectivity index is 1.65. The standard InChI is InChI=1S/C20H23ClN2O2/c1-14-12-17(10-11-22-14)23-20(24)18-4-2-3-5-19(18)25-13-15-6-8-16(21)9-7-15/h2-9,14,17,22H,10-13H2,1H3,(H,23,24). The molecule has 1 aliphatic heterocycles. The van der Waals surface area contributed by atoms with E-state index in [2.05, 4.69) is 17.6 Å². The lowest BCUT2D eigenvalue weighted by atomic mass is 10.00. The van der Waals surface area contributed by atoms with Crippen LogP contribution in [0.15, 0.2) is 48.5 Å². The summed E-state index contributed by atoms with van der Waals surface area (Å²) in [6.45, 7) is 3.47. The molecule has 2 unspecified atom stereocenters. The number of carbonyl (C=O) groups excluding carboxylic acids is 1. The molecule has 1 saturated heterocycles. The lowest BCUT2D eigenvalue weighted by molar-refractivity contribution is 0.0921. The van der Waals surface area contributed by atoms with Crippen molar-refractivity contribution in [3.63, 3.8) is 0 Å². The molecule has 0 aliphatic carbocycles. The first-order chi connectivity index (χ1) is 12.1. The van der Waals surface area contributed by atoms with Crippen molar-refractivity contribution in [3.8, 4) is 5.75 Å². The van der Waals surface area contributed by atoms with Crippen LogP contribution in [-0.2, 0) is 6.61 Å². The summed E-state index contributed by atoms with van der Waals surface area (Å²) >= 11 is 5.90. The Morgan fingerprint density at radius 2 is 2.00 bits per heavy atom. The molecule has 1 amide bonds. The molecular weight excluding hydrogens is 336 g/mol. The van der Waals surface area contributed by atoms with Gasteiger partial charge in [-0.05, 0) is 56.1 Å². The molecule has 1 aliphatic rings. The van der Waals surface area contributed by atoms with Crippen LogP contribution in [0.1, 0.15) is 35.7 Å². The minimum atomic E-state index is -0.0780. The Kier molecular flexibility index (Phi) is 5.95. The Morgan fingerprint density at radius 3 is 2.76 bits per heavy atom. The van der Waals surface area contributed by atoms with E-state index in [1.54, 1.807) is 6.07 Å². The van der Waals surface area contributed by atoms with Crippen LogP contribution < -0.4 is 15.4 Å². The van der Waals surface area contributed by atoms with E-state index >= 15 is 0 Å². The van der Waals surface area contributed by atoms with Gasteiger partial charge in [0.1, 0.15) is 12.4 Å². The van der Waals surface area contributed by atoms with Crippen molar-refractivity contribution in [1.82, 2.24) is 10.6 Å². The molecule has 0 spiro atoms. The van der Waals surface area contributed by atoms with Gasteiger partial charge in [0, 0.05) is 17.1 Å². The number of ether oxygens (including phenoxy) is 1. The van der Waals surface area contributed by atoms with Crippen LogP contribution in [0, 0.1) is 0 Å². The summed E-state index contributed by atoms with van der Waals surface area (Å²) in [5, 5.41) is 7.22. The molecule has 1 fully saturated rings. The molecule has 3 rings (SSSR count). The minimum absolute atomic E-state index is 0.0780. The van der Waals surface area contributed by atoms with E-state index in [1.807, 2.05) is 42.5 Å². The summed E-state index contributed by atoms with van der Waals surface area (Å²) in [5.41, 5.74) is 1.58. The summed E-state index contributed by atoms with van der Waals surface area (Å²) in [6, 6.07) is 15.5. The van der Waals surface area contributed by atoms with E-state index in [0.29, 0.717) is 29.0 Å². The maximum absolute atomic E-state index is 12.7. The van der Waals surface area contributed by atoms with E-state index < -0.39 is 0 Å². The molecule has 2 aromatic rings. The molecule has 1 heterocycles. The highest BCUT2D eigenvalue weighted by molar-refractivity contribution is 6.30. The third-order valence-corrected chi connectivity index (χ3v) is 4.65. The molecule has 0 bridgehead atoms. The lowest BCUT2D eigenvalue weighted by Gasteiger charge is -2.28. The van der Waals surface area contributed by atoms with Crippen LogP contribution in [-0.4, -0.2) is 24.5 Å². The van der Waals surface area contributed by atoms with Crippen LogP contribution in [0.2, 0.25) is 5.02 Å². The van der Waals surface area contributed by atoms with E-state index in [4.69, 9.17) is 16.3 Å². The van der Waals surface area contributed by atoms with Gasteiger partial charge in [0.2, 0.25) is 0 Å². The largest absolute Gasteiger partial charge is 0.488 e. The van der Waals surface area contributed by atoms with Gasteiger partial charge in [-0.1, -0.05) is 35.9 Å². The number of para-hydroxylation sites is 1. The summed E-state index contributed by atoms with van der Waals surface area (Å²) in [5.74, 6) is 0.516. The first-order valence-corrected chi connectivity index (χ1v) is 9.00. The Bertz CT molecular complexity index is 718. The van der Waals surface area contributed by atoms with E-state index in [-0.39, 0.29) is 11.9 Å². The highest BCUT2D eigenvalue weighted by atomic mass is 35.5. The van der Waals surface area contributed by atoms with Crippen molar-refractivity contribution in [2.45, 2.75) is 38.5 Å². The van der Waals surface area contributed by atoms with Crippen LogP contribution in [0.25, 0.3) is 0 Å². The van der Waals surface area contributed by atoms with Crippen LogP contribution in [0.3, 0.4) is 0 Å². The first kappa shape index (κ1) is 17.8. The predicted octanol–water partition coefficient (Wildman–Crippen LogP) is 3.79. The summed E-state index contributed by atoms with van der Waals surface area (Å²) in [7, 11) is 0. The van der Waals surface area contributed by atoms with Crippen molar-refractivity contribution >= 4 is 17.5 Å². The fraction of sp³-hybridized carbons (Fsp3) is 0.350. The average molecular weight is 359 g/mol. The van der Waals surface area contributed by atoms with Gasteiger partial charge in [-0.15, -0.1) is 0 Å². The third kappa shape index (κ3) is 4.97. The van der Waals surface area contributed by atoms with Gasteiger partial charge in [-0.2, -0.15) is 0 Å². The fourth-order valence-corrected chi connectivity index (χ4v) is 3.17. The topological polar surface area (TPSA) is 50.4 Å². The molecule has 2 N–H and O–H groups in total.